The third-order valence-electron chi connectivity index (χ3n) is 4.16. The zero-order valence-electron chi connectivity index (χ0n) is 12.5. The summed E-state index contributed by atoms with van der Waals surface area (Å²) in [6, 6.07) is 8.23. The van der Waals surface area contributed by atoms with E-state index in [-0.39, 0.29) is 16.8 Å². The van der Waals surface area contributed by atoms with Crippen LogP contribution in [0.4, 0.5) is 10.1 Å². The summed E-state index contributed by atoms with van der Waals surface area (Å²) < 4.78 is 14.7. The first-order valence-corrected chi connectivity index (χ1v) is 7.10. The van der Waals surface area contributed by atoms with E-state index < -0.39 is 0 Å². The summed E-state index contributed by atoms with van der Waals surface area (Å²) >= 11 is 0. The minimum absolute atomic E-state index is 0.0230. The van der Waals surface area contributed by atoms with Gasteiger partial charge in [-0.05, 0) is 23.8 Å². The SMILES string of the molecule is Cn1c2c(cc(Cc3ccc(F)cc3)c1=O)NCC2(C)C. The minimum Gasteiger partial charge on any atom is -0.383 e. The second-order valence-electron chi connectivity index (χ2n) is 6.34. The fourth-order valence-electron chi connectivity index (χ4n) is 3.10. The monoisotopic (exact) mass is 286 g/mol. The number of hydrogen-bond acceptors (Lipinski definition) is 2. The van der Waals surface area contributed by atoms with E-state index >= 15 is 0 Å². The lowest BCUT2D eigenvalue weighted by Crippen LogP contribution is -2.30. The Balaban J connectivity index is 2.04. The van der Waals surface area contributed by atoms with Crippen molar-refractivity contribution in [3.8, 4) is 0 Å². The molecule has 0 fully saturated rings. The number of rotatable bonds is 2. The predicted octanol–water partition coefficient (Wildman–Crippen LogP) is 2.82. The van der Waals surface area contributed by atoms with Crippen molar-refractivity contribution in [1.82, 2.24) is 4.57 Å². The summed E-state index contributed by atoms with van der Waals surface area (Å²) in [5.74, 6) is -0.260. The Labute approximate surface area is 123 Å². The van der Waals surface area contributed by atoms with Gasteiger partial charge < -0.3 is 9.88 Å². The van der Waals surface area contributed by atoms with Gasteiger partial charge in [0.2, 0.25) is 0 Å². The molecule has 0 saturated carbocycles. The molecule has 1 aliphatic heterocycles. The molecule has 0 bridgehead atoms. The molecule has 2 heterocycles. The molecule has 0 saturated heterocycles. The van der Waals surface area contributed by atoms with Gasteiger partial charge in [0.15, 0.2) is 0 Å². The van der Waals surface area contributed by atoms with E-state index in [1.54, 1.807) is 16.7 Å². The highest BCUT2D eigenvalue weighted by atomic mass is 19.1. The smallest absolute Gasteiger partial charge is 0.254 e. The molecule has 0 unspecified atom stereocenters. The molecule has 3 nitrogen and oxygen atoms in total. The molecule has 21 heavy (non-hydrogen) atoms. The Morgan fingerprint density at radius 2 is 1.95 bits per heavy atom. The maximum Gasteiger partial charge on any atom is 0.254 e. The first kappa shape index (κ1) is 13.9. The number of pyridine rings is 1. The first-order chi connectivity index (χ1) is 9.88. The zero-order chi connectivity index (χ0) is 15.2. The normalized spacial score (nSPS) is 15.6. The fourth-order valence-corrected chi connectivity index (χ4v) is 3.10. The maximum atomic E-state index is 13.0. The van der Waals surface area contributed by atoms with Gasteiger partial charge in [-0.3, -0.25) is 4.79 Å². The molecule has 0 aliphatic carbocycles. The molecular formula is C17H19FN2O. The standard InChI is InChI=1S/C17H19FN2O/c1-17(2)10-19-14-9-12(16(21)20(3)15(14)17)8-11-4-6-13(18)7-5-11/h4-7,9,19H,8,10H2,1-3H3. The van der Waals surface area contributed by atoms with Gasteiger partial charge in [0.25, 0.3) is 5.56 Å². The van der Waals surface area contributed by atoms with E-state index in [0.717, 1.165) is 29.1 Å². The van der Waals surface area contributed by atoms with E-state index in [0.29, 0.717) is 6.42 Å². The lowest BCUT2D eigenvalue weighted by atomic mass is 9.90. The van der Waals surface area contributed by atoms with Crippen LogP contribution in [-0.2, 0) is 18.9 Å². The fraction of sp³-hybridized carbons (Fsp3) is 0.353. The van der Waals surface area contributed by atoms with E-state index in [2.05, 4.69) is 19.2 Å². The Bertz CT molecular complexity index is 745. The average molecular weight is 286 g/mol. The van der Waals surface area contributed by atoms with Crippen molar-refractivity contribution in [2.75, 3.05) is 11.9 Å². The minimum atomic E-state index is -0.260. The van der Waals surface area contributed by atoms with Gasteiger partial charge in [0.1, 0.15) is 5.82 Å². The largest absolute Gasteiger partial charge is 0.383 e. The summed E-state index contributed by atoms with van der Waals surface area (Å²) in [4.78, 5) is 12.5. The molecule has 1 N–H and O–H groups in total. The molecule has 2 aromatic rings. The van der Waals surface area contributed by atoms with Gasteiger partial charge in [-0.25, -0.2) is 4.39 Å². The third kappa shape index (κ3) is 2.35. The molecule has 0 spiro atoms. The molecule has 1 aromatic carbocycles. The van der Waals surface area contributed by atoms with E-state index in [4.69, 9.17) is 0 Å². The quantitative estimate of drug-likeness (QED) is 0.921. The summed E-state index contributed by atoms with van der Waals surface area (Å²) in [6.07, 6.45) is 0.516. The maximum absolute atomic E-state index is 13.0. The summed E-state index contributed by atoms with van der Waals surface area (Å²) in [6.45, 7) is 5.09. The number of aromatic nitrogens is 1. The number of fused-ring (bicyclic) bond motifs is 1. The molecule has 110 valence electrons. The highest BCUT2D eigenvalue weighted by molar-refractivity contribution is 5.58. The third-order valence-corrected chi connectivity index (χ3v) is 4.16. The summed E-state index contributed by atoms with van der Waals surface area (Å²) in [5, 5.41) is 3.37. The summed E-state index contributed by atoms with van der Waals surface area (Å²) in [5.41, 5.74) is 3.72. The molecule has 0 radical (unpaired) electrons. The molecular weight excluding hydrogens is 267 g/mol. The average Bonchev–Trinajstić information content (AvgIpc) is 2.73. The number of nitrogens with zero attached hydrogens (tertiary/aromatic N) is 1. The number of halogens is 1. The Kier molecular flexibility index (Phi) is 3.12. The van der Waals surface area contributed by atoms with Crippen LogP contribution in [0, 0.1) is 5.82 Å². The number of benzene rings is 1. The Morgan fingerprint density at radius 1 is 1.29 bits per heavy atom. The van der Waals surface area contributed by atoms with Crippen LogP contribution in [0.1, 0.15) is 30.7 Å². The predicted molar refractivity (Wildman–Crippen MR) is 82.4 cm³/mol. The van der Waals surface area contributed by atoms with Crippen molar-refractivity contribution < 1.29 is 4.39 Å². The number of hydrogen-bond donors (Lipinski definition) is 1. The van der Waals surface area contributed by atoms with Crippen molar-refractivity contribution in [3.05, 3.63) is 63.3 Å². The van der Waals surface area contributed by atoms with Crippen LogP contribution in [0.3, 0.4) is 0 Å². The van der Waals surface area contributed by atoms with E-state index in [1.807, 2.05) is 13.1 Å². The van der Waals surface area contributed by atoms with Crippen molar-refractivity contribution in [2.45, 2.75) is 25.7 Å². The molecule has 4 heteroatoms. The molecule has 1 aliphatic rings. The number of nitrogens with one attached hydrogen (secondary N) is 1. The van der Waals surface area contributed by atoms with Crippen molar-refractivity contribution in [2.24, 2.45) is 7.05 Å². The lowest BCUT2D eigenvalue weighted by molar-refractivity contribution is 0.535. The Morgan fingerprint density at radius 3 is 2.62 bits per heavy atom. The van der Waals surface area contributed by atoms with Crippen LogP contribution in [-0.4, -0.2) is 11.1 Å². The van der Waals surface area contributed by atoms with Crippen LogP contribution in [0.25, 0.3) is 0 Å². The van der Waals surface area contributed by atoms with Crippen LogP contribution >= 0.6 is 0 Å². The van der Waals surface area contributed by atoms with E-state index in [1.165, 1.54) is 12.1 Å². The zero-order valence-corrected chi connectivity index (χ0v) is 12.5. The van der Waals surface area contributed by atoms with Gasteiger partial charge in [0, 0.05) is 31.0 Å². The van der Waals surface area contributed by atoms with Gasteiger partial charge >= 0.3 is 0 Å². The van der Waals surface area contributed by atoms with Gasteiger partial charge in [-0.15, -0.1) is 0 Å². The van der Waals surface area contributed by atoms with Gasteiger partial charge in [-0.2, -0.15) is 0 Å². The van der Waals surface area contributed by atoms with Crippen molar-refractivity contribution >= 4 is 5.69 Å². The van der Waals surface area contributed by atoms with Crippen LogP contribution in [0.15, 0.2) is 35.1 Å². The number of anilines is 1. The van der Waals surface area contributed by atoms with Crippen molar-refractivity contribution in [3.63, 3.8) is 0 Å². The Hall–Kier alpha value is -2.10. The van der Waals surface area contributed by atoms with Crippen molar-refractivity contribution in [1.29, 1.82) is 0 Å². The van der Waals surface area contributed by atoms with Crippen LogP contribution in [0.5, 0.6) is 0 Å². The summed E-state index contributed by atoms with van der Waals surface area (Å²) in [7, 11) is 1.82. The topological polar surface area (TPSA) is 34.0 Å². The molecule has 3 rings (SSSR count). The lowest BCUT2D eigenvalue weighted by Gasteiger charge is -2.20. The second kappa shape index (κ2) is 4.72. The van der Waals surface area contributed by atoms with Crippen LogP contribution in [0.2, 0.25) is 0 Å². The molecule has 0 atom stereocenters. The van der Waals surface area contributed by atoms with Gasteiger partial charge in [-0.1, -0.05) is 26.0 Å². The highest BCUT2D eigenvalue weighted by Gasteiger charge is 2.33. The second-order valence-corrected chi connectivity index (χ2v) is 6.34. The van der Waals surface area contributed by atoms with E-state index in [9.17, 15) is 9.18 Å². The highest BCUT2D eigenvalue weighted by Crippen LogP contribution is 2.35. The van der Waals surface area contributed by atoms with Gasteiger partial charge in [0.05, 0.1) is 11.4 Å². The first-order valence-electron chi connectivity index (χ1n) is 7.10. The van der Waals surface area contributed by atoms with Crippen LogP contribution < -0.4 is 10.9 Å². The molecule has 0 amide bonds. The molecule has 1 aromatic heterocycles.